The van der Waals surface area contributed by atoms with Crippen LogP contribution in [0.1, 0.15) is 16.1 Å². The number of halogens is 1. The van der Waals surface area contributed by atoms with E-state index in [-0.39, 0.29) is 0 Å². The SMILES string of the molecule is CNc1nc(C)c(Cc2ccc(Br)cc2)s1. The minimum Gasteiger partial charge on any atom is -0.365 e. The molecule has 2 nitrogen and oxygen atoms in total. The van der Waals surface area contributed by atoms with Gasteiger partial charge in [-0.1, -0.05) is 28.1 Å². The predicted molar refractivity (Wildman–Crippen MR) is 73.3 cm³/mol. The Hall–Kier alpha value is -0.870. The van der Waals surface area contributed by atoms with Crippen LogP contribution in [0.25, 0.3) is 0 Å². The lowest BCUT2D eigenvalue weighted by Gasteiger charge is -1.99. The lowest BCUT2D eigenvalue weighted by Crippen LogP contribution is -1.87. The molecule has 4 heteroatoms. The maximum Gasteiger partial charge on any atom is 0.182 e. The molecule has 0 saturated heterocycles. The Bertz CT molecular complexity index is 476. The van der Waals surface area contributed by atoms with Gasteiger partial charge in [0.2, 0.25) is 0 Å². The van der Waals surface area contributed by atoms with Crippen LogP contribution < -0.4 is 5.32 Å². The highest BCUT2D eigenvalue weighted by molar-refractivity contribution is 9.10. The molecule has 2 rings (SSSR count). The van der Waals surface area contributed by atoms with E-state index in [2.05, 4.69) is 57.4 Å². The molecular formula is C12H13BrN2S. The van der Waals surface area contributed by atoms with Crippen molar-refractivity contribution in [1.29, 1.82) is 0 Å². The Balaban J connectivity index is 2.19. The van der Waals surface area contributed by atoms with Gasteiger partial charge in [-0.25, -0.2) is 4.98 Å². The zero-order chi connectivity index (χ0) is 11.5. The Morgan fingerprint density at radius 3 is 2.56 bits per heavy atom. The number of aromatic nitrogens is 1. The fraction of sp³-hybridized carbons (Fsp3) is 0.250. The molecule has 1 heterocycles. The van der Waals surface area contributed by atoms with Crippen molar-refractivity contribution >= 4 is 32.4 Å². The molecule has 0 aliphatic carbocycles. The fourth-order valence-corrected chi connectivity index (χ4v) is 2.70. The first-order valence-corrected chi connectivity index (χ1v) is 6.68. The van der Waals surface area contributed by atoms with Crippen LogP contribution >= 0.6 is 27.3 Å². The zero-order valence-corrected chi connectivity index (χ0v) is 11.7. The highest BCUT2D eigenvalue weighted by Crippen LogP contribution is 2.25. The third-order valence-corrected chi connectivity index (χ3v) is 4.09. The number of thiazole rings is 1. The summed E-state index contributed by atoms with van der Waals surface area (Å²) in [4.78, 5) is 5.77. The van der Waals surface area contributed by atoms with Gasteiger partial charge >= 0.3 is 0 Å². The Kier molecular flexibility index (Phi) is 3.61. The van der Waals surface area contributed by atoms with Crippen molar-refractivity contribution in [3.05, 3.63) is 44.9 Å². The molecular weight excluding hydrogens is 284 g/mol. The van der Waals surface area contributed by atoms with Crippen LogP contribution in [0.2, 0.25) is 0 Å². The van der Waals surface area contributed by atoms with E-state index >= 15 is 0 Å². The van der Waals surface area contributed by atoms with Crippen LogP contribution in [0.5, 0.6) is 0 Å². The Morgan fingerprint density at radius 1 is 1.31 bits per heavy atom. The average Bonchev–Trinajstić information content (AvgIpc) is 2.63. The van der Waals surface area contributed by atoms with Crippen LogP contribution in [0.3, 0.4) is 0 Å². The normalized spacial score (nSPS) is 10.4. The minimum atomic E-state index is 0.957. The summed E-state index contributed by atoms with van der Waals surface area (Å²) >= 11 is 5.17. The first-order chi connectivity index (χ1) is 7.69. The van der Waals surface area contributed by atoms with Crippen LogP contribution in [0, 0.1) is 6.92 Å². The van der Waals surface area contributed by atoms with E-state index in [0.29, 0.717) is 0 Å². The van der Waals surface area contributed by atoms with Gasteiger partial charge in [0.15, 0.2) is 5.13 Å². The zero-order valence-electron chi connectivity index (χ0n) is 9.25. The summed E-state index contributed by atoms with van der Waals surface area (Å²) in [5.41, 5.74) is 2.44. The first kappa shape index (κ1) is 11.6. The van der Waals surface area contributed by atoms with Crippen molar-refractivity contribution in [1.82, 2.24) is 4.98 Å². The summed E-state index contributed by atoms with van der Waals surface area (Å²) in [6.07, 6.45) is 0.957. The number of hydrogen-bond donors (Lipinski definition) is 1. The topological polar surface area (TPSA) is 24.9 Å². The summed E-state index contributed by atoms with van der Waals surface area (Å²) < 4.78 is 1.12. The van der Waals surface area contributed by atoms with Gasteiger partial charge in [-0.05, 0) is 24.6 Å². The molecule has 0 spiro atoms. The van der Waals surface area contributed by atoms with Crippen LogP contribution in [0.4, 0.5) is 5.13 Å². The number of hydrogen-bond acceptors (Lipinski definition) is 3. The van der Waals surface area contributed by atoms with Crippen molar-refractivity contribution < 1.29 is 0 Å². The molecule has 0 unspecified atom stereocenters. The van der Waals surface area contributed by atoms with Crippen LogP contribution in [-0.4, -0.2) is 12.0 Å². The monoisotopic (exact) mass is 296 g/mol. The largest absolute Gasteiger partial charge is 0.365 e. The molecule has 0 fully saturated rings. The highest BCUT2D eigenvalue weighted by atomic mass is 79.9. The van der Waals surface area contributed by atoms with Crippen molar-refractivity contribution in [2.45, 2.75) is 13.3 Å². The molecule has 0 atom stereocenters. The Morgan fingerprint density at radius 2 is 2.00 bits per heavy atom. The van der Waals surface area contributed by atoms with Crippen molar-refractivity contribution in [3.8, 4) is 0 Å². The summed E-state index contributed by atoms with van der Waals surface area (Å²) in [7, 11) is 1.90. The second-order valence-electron chi connectivity index (χ2n) is 3.58. The number of rotatable bonds is 3. The van der Waals surface area contributed by atoms with E-state index in [1.807, 2.05) is 7.05 Å². The molecule has 0 bridgehead atoms. The van der Waals surface area contributed by atoms with E-state index in [4.69, 9.17) is 0 Å². The maximum atomic E-state index is 4.44. The summed E-state index contributed by atoms with van der Waals surface area (Å²) in [5, 5.41) is 4.07. The number of nitrogens with zero attached hydrogens (tertiary/aromatic N) is 1. The molecule has 1 aromatic carbocycles. The van der Waals surface area contributed by atoms with Crippen LogP contribution in [-0.2, 0) is 6.42 Å². The number of benzene rings is 1. The number of aryl methyl sites for hydroxylation is 1. The van der Waals surface area contributed by atoms with Gasteiger partial charge in [0.25, 0.3) is 0 Å². The van der Waals surface area contributed by atoms with Gasteiger partial charge in [-0.15, -0.1) is 11.3 Å². The Labute approximate surface area is 108 Å². The van der Waals surface area contributed by atoms with Gasteiger partial charge in [0, 0.05) is 22.8 Å². The molecule has 1 N–H and O–H groups in total. The van der Waals surface area contributed by atoms with Gasteiger partial charge in [-0.3, -0.25) is 0 Å². The molecule has 84 valence electrons. The molecule has 1 aromatic heterocycles. The molecule has 0 amide bonds. The quantitative estimate of drug-likeness (QED) is 0.931. The summed E-state index contributed by atoms with van der Waals surface area (Å²) in [5.74, 6) is 0. The smallest absolute Gasteiger partial charge is 0.182 e. The maximum absolute atomic E-state index is 4.44. The van der Waals surface area contributed by atoms with Crippen molar-refractivity contribution in [2.75, 3.05) is 12.4 Å². The number of nitrogens with one attached hydrogen (secondary N) is 1. The van der Waals surface area contributed by atoms with E-state index < -0.39 is 0 Å². The van der Waals surface area contributed by atoms with E-state index in [1.165, 1.54) is 10.4 Å². The number of anilines is 1. The average molecular weight is 297 g/mol. The second kappa shape index (κ2) is 4.97. The minimum absolute atomic E-state index is 0.957. The lowest BCUT2D eigenvalue weighted by molar-refractivity contribution is 1.15. The lowest BCUT2D eigenvalue weighted by atomic mass is 10.1. The standard InChI is InChI=1S/C12H13BrN2S/c1-8-11(16-12(14-2)15-8)7-9-3-5-10(13)6-4-9/h3-6H,7H2,1-2H3,(H,14,15). The molecule has 0 radical (unpaired) electrons. The van der Waals surface area contributed by atoms with Crippen molar-refractivity contribution in [2.24, 2.45) is 0 Å². The van der Waals surface area contributed by atoms with E-state index in [0.717, 1.165) is 21.7 Å². The first-order valence-electron chi connectivity index (χ1n) is 5.07. The predicted octanol–water partition coefficient (Wildman–Crippen LogP) is 3.85. The van der Waals surface area contributed by atoms with E-state index in [1.54, 1.807) is 11.3 Å². The van der Waals surface area contributed by atoms with Gasteiger partial charge < -0.3 is 5.32 Å². The third-order valence-electron chi connectivity index (χ3n) is 2.38. The summed E-state index contributed by atoms with van der Waals surface area (Å²) in [6, 6.07) is 8.43. The second-order valence-corrected chi connectivity index (χ2v) is 5.58. The molecule has 2 aromatic rings. The van der Waals surface area contributed by atoms with Crippen molar-refractivity contribution in [3.63, 3.8) is 0 Å². The molecule has 0 aliphatic heterocycles. The molecule has 0 saturated carbocycles. The van der Waals surface area contributed by atoms with Gasteiger partial charge in [-0.2, -0.15) is 0 Å². The molecule has 0 aliphatic rings. The highest BCUT2D eigenvalue weighted by Gasteiger charge is 2.06. The van der Waals surface area contributed by atoms with E-state index in [9.17, 15) is 0 Å². The molecule has 16 heavy (non-hydrogen) atoms. The van der Waals surface area contributed by atoms with Crippen LogP contribution in [0.15, 0.2) is 28.7 Å². The fourth-order valence-electron chi connectivity index (χ4n) is 1.49. The summed E-state index contributed by atoms with van der Waals surface area (Å²) in [6.45, 7) is 2.06. The third kappa shape index (κ3) is 2.62. The van der Waals surface area contributed by atoms with Gasteiger partial charge in [0.1, 0.15) is 0 Å². The van der Waals surface area contributed by atoms with Gasteiger partial charge in [0.05, 0.1) is 5.69 Å².